The summed E-state index contributed by atoms with van der Waals surface area (Å²) in [6.07, 6.45) is 0.604. The van der Waals surface area contributed by atoms with Crippen LogP contribution in [0, 0.1) is 0 Å². The number of amides is 2. The summed E-state index contributed by atoms with van der Waals surface area (Å²) in [6.45, 7) is 4.84. The molecule has 0 radical (unpaired) electrons. The molecule has 0 N–H and O–H groups in total. The summed E-state index contributed by atoms with van der Waals surface area (Å²) in [7, 11) is 0. The molecule has 0 aliphatic carbocycles. The van der Waals surface area contributed by atoms with E-state index in [1.54, 1.807) is 0 Å². The summed E-state index contributed by atoms with van der Waals surface area (Å²) in [5.41, 5.74) is 0. The van der Waals surface area contributed by atoms with Crippen LogP contribution < -0.4 is 0 Å². The van der Waals surface area contributed by atoms with Gasteiger partial charge in [-0.3, -0.25) is 0 Å². The zero-order valence-electron chi connectivity index (χ0n) is 8.02. The number of urea groups is 1. The fourth-order valence-corrected chi connectivity index (χ4v) is 1.81. The Balaban J connectivity index is 1.53. The molecule has 3 aliphatic heterocycles. The van der Waals surface area contributed by atoms with Gasteiger partial charge in [0.1, 0.15) is 0 Å². The smallest absolute Gasteiger partial charge is 0.320 e. The first-order valence-corrected chi connectivity index (χ1v) is 5.10. The van der Waals surface area contributed by atoms with E-state index >= 15 is 0 Å². The molecule has 14 heavy (non-hydrogen) atoms. The highest BCUT2D eigenvalue weighted by atomic mass is 16.6. The maximum Gasteiger partial charge on any atom is 0.320 e. The first-order valence-electron chi connectivity index (χ1n) is 5.10. The van der Waals surface area contributed by atoms with Crippen LogP contribution in [0.2, 0.25) is 0 Å². The Morgan fingerprint density at radius 1 is 1.07 bits per heavy atom. The molecule has 3 rings (SSSR count). The number of hydrogen-bond acceptors (Lipinski definition) is 3. The summed E-state index contributed by atoms with van der Waals surface area (Å²) in [4.78, 5) is 15.5. The molecule has 0 spiro atoms. The average Bonchev–Trinajstić information content (AvgIpc) is 3.03. The summed E-state index contributed by atoms with van der Waals surface area (Å²) in [6, 6.07) is 0.149. The van der Waals surface area contributed by atoms with Crippen LogP contribution in [0.1, 0.15) is 0 Å². The zero-order chi connectivity index (χ0) is 9.54. The average molecular weight is 198 g/mol. The van der Waals surface area contributed by atoms with Gasteiger partial charge >= 0.3 is 6.03 Å². The van der Waals surface area contributed by atoms with Gasteiger partial charge in [0.15, 0.2) is 0 Å². The summed E-state index contributed by atoms with van der Waals surface area (Å²) < 4.78 is 10.2. The number of rotatable bonds is 4. The van der Waals surface area contributed by atoms with Gasteiger partial charge in [0.05, 0.1) is 38.5 Å². The van der Waals surface area contributed by atoms with E-state index in [1.807, 2.05) is 9.80 Å². The Morgan fingerprint density at radius 3 is 1.86 bits per heavy atom. The third-order valence-electron chi connectivity index (χ3n) is 2.83. The van der Waals surface area contributed by atoms with Crippen LogP contribution in [0.3, 0.4) is 0 Å². The Kier molecular flexibility index (Phi) is 1.88. The monoisotopic (exact) mass is 198 g/mol. The molecule has 3 saturated heterocycles. The lowest BCUT2D eigenvalue weighted by Gasteiger charge is -2.16. The van der Waals surface area contributed by atoms with Crippen molar-refractivity contribution in [1.29, 1.82) is 0 Å². The van der Waals surface area contributed by atoms with Gasteiger partial charge in [0, 0.05) is 13.1 Å². The minimum atomic E-state index is 0.149. The zero-order valence-corrected chi connectivity index (χ0v) is 8.02. The van der Waals surface area contributed by atoms with Crippen LogP contribution in [-0.2, 0) is 9.47 Å². The lowest BCUT2D eigenvalue weighted by molar-refractivity contribution is 0.185. The van der Waals surface area contributed by atoms with Crippen molar-refractivity contribution in [3.8, 4) is 0 Å². The lowest BCUT2D eigenvalue weighted by Crippen LogP contribution is -2.35. The molecule has 2 unspecified atom stereocenters. The molecule has 5 heteroatoms. The van der Waals surface area contributed by atoms with Crippen molar-refractivity contribution in [2.45, 2.75) is 12.2 Å². The van der Waals surface area contributed by atoms with Crippen molar-refractivity contribution in [1.82, 2.24) is 9.80 Å². The van der Waals surface area contributed by atoms with Crippen molar-refractivity contribution in [2.24, 2.45) is 0 Å². The number of ether oxygens (including phenoxy) is 2. The molecule has 5 nitrogen and oxygen atoms in total. The fraction of sp³-hybridized carbons (Fsp3) is 0.889. The van der Waals surface area contributed by atoms with Crippen LogP contribution in [-0.4, -0.2) is 67.4 Å². The molecule has 0 saturated carbocycles. The predicted molar refractivity (Wildman–Crippen MR) is 48.0 cm³/mol. The topological polar surface area (TPSA) is 48.6 Å². The molecule has 0 aromatic carbocycles. The number of nitrogens with zero attached hydrogens (tertiary/aromatic N) is 2. The Labute approximate surface area is 82.5 Å². The van der Waals surface area contributed by atoms with E-state index in [0.29, 0.717) is 12.2 Å². The molecule has 0 bridgehead atoms. The Hall–Kier alpha value is -0.810. The fourth-order valence-electron chi connectivity index (χ4n) is 1.81. The van der Waals surface area contributed by atoms with Crippen molar-refractivity contribution in [3.63, 3.8) is 0 Å². The minimum Gasteiger partial charge on any atom is -0.371 e. The second-order valence-corrected chi connectivity index (χ2v) is 4.09. The highest BCUT2D eigenvalue weighted by molar-refractivity contribution is 5.76. The SMILES string of the molecule is O=C1N(CC2CO2)CCN1CC1CO1. The van der Waals surface area contributed by atoms with Crippen molar-refractivity contribution >= 4 is 6.03 Å². The first-order chi connectivity index (χ1) is 6.83. The van der Waals surface area contributed by atoms with Gasteiger partial charge in [0.2, 0.25) is 0 Å². The normalized spacial score (nSPS) is 35.3. The van der Waals surface area contributed by atoms with E-state index in [9.17, 15) is 4.79 Å². The molecule has 3 heterocycles. The van der Waals surface area contributed by atoms with Crippen LogP contribution in [0.5, 0.6) is 0 Å². The standard InChI is InChI=1S/C9H14N2O3/c12-9-10(3-7-5-13-7)1-2-11(9)4-8-6-14-8/h7-8H,1-6H2. The molecule has 2 atom stereocenters. The number of hydrogen-bond donors (Lipinski definition) is 0. The summed E-state index contributed by atoms with van der Waals surface area (Å²) in [5.74, 6) is 0. The number of carbonyl (C=O) groups is 1. The summed E-state index contributed by atoms with van der Waals surface area (Å²) >= 11 is 0. The maximum absolute atomic E-state index is 11.8. The third kappa shape index (κ3) is 1.69. The van der Waals surface area contributed by atoms with Crippen molar-refractivity contribution < 1.29 is 14.3 Å². The van der Waals surface area contributed by atoms with E-state index in [1.165, 1.54) is 0 Å². The molecular formula is C9H14N2O3. The second kappa shape index (κ2) is 3.10. The van der Waals surface area contributed by atoms with Gasteiger partial charge in [-0.2, -0.15) is 0 Å². The third-order valence-corrected chi connectivity index (χ3v) is 2.83. The molecule has 78 valence electrons. The first kappa shape index (κ1) is 8.49. The molecule has 3 fully saturated rings. The maximum atomic E-state index is 11.8. The van der Waals surface area contributed by atoms with Crippen LogP contribution in [0.15, 0.2) is 0 Å². The van der Waals surface area contributed by atoms with E-state index in [-0.39, 0.29) is 6.03 Å². The van der Waals surface area contributed by atoms with Gasteiger partial charge in [-0.1, -0.05) is 0 Å². The van der Waals surface area contributed by atoms with Crippen LogP contribution in [0.4, 0.5) is 4.79 Å². The van der Waals surface area contributed by atoms with Crippen molar-refractivity contribution in [2.75, 3.05) is 39.4 Å². The van der Waals surface area contributed by atoms with Gasteiger partial charge in [-0.25, -0.2) is 4.79 Å². The molecule has 3 aliphatic rings. The quantitative estimate of drug-likeness (QED) is 0.573. The van der Waals surface area contributed by atoms with Crippen molar-refractivity contribution in [3.05, 3.63) is 0 Å². The number of carbonyl (C=O) groups excluding carboxylic acids is 1. The Bertz CT molecular complexity index is 226. The molecule has 0 aromatic heterocycles. The Morgan fingerprint density at radius 2 is 1.50 bits per heavy atom. The summed E-state index contributed by atoms with van der Waals surface area (Å²) in [5, 5.41) is 0. The van der Waals surface area contributed by atoms with E-state index in [0.717, 1.165) is 39.4 Å². The van der Waals surface area contributed by atoms with E-state index in [4.69, 9.17) is 9.47 Å². The van der Waals surface area contributed by atoms with Crippen LogP contribution in [0.25, 0.3) is 0 Å². The highest BCUT2D eigenvalue weighted by Crippen LogP contribution is 2.18. The molecule has 0 aromatic rings. The lowest BCUT2D eigenvalue weighted by atomic mass is 10.4. The number of epoxide rings is 2. The van der Waals surface area contributed by atoms with E-state index < -0.39 is 0 Å². The van der Waals surface area contributed by atoms with E-state index in [2.05, 4.69) is 0 Å². The van der Waals surface area contributed by atoms with Crippen LogP contribution >= 0.6 is 0 Å². The minimum absolute atomic E-state index is 0.149. The van der Waals surface area contributed by atoms with Gasteiger partial charge in [0.25, 0.3) is 0 Å². The predicted octanol–water partition coefficient (Wildman–Crippen LogP) is -0.478. The molecule has 2 amide bonds. The highest BCUT2D eigenvalue weighted by Gasteiger charge is 2.36. The van der Waals surface area contributed by atoms with Gasteiger partial charge in [-0.05, 0) is 0 Å². The van der Waals surface area contributed by atoms with Gasteiger partial charge < -0.3 is 19.3 Å². The second-order valence-electron chi connectivity index (χ2n) is 4.09. The largest absolute Gasteiger partial charge is 0.371 e. The molecular weight excluding hydrogens is 184 g/mol. The van der Waals surface area contributed by atoms with Gasteiger partial charge in [-0.15, -0.1) is 0 Å².